The minimum absolute atomic E-state index is 0.303. The fourth-order valence-corrected chi connectivity index (χ4v) is 2.93. The van der Waals surface area contributed by atoms with E-state index in [0.29, 0.717) is 22.8 Å². The van der Waals surface area contributed by atoms with Crippen LogP contribution in [0.2, 0.25) is 0 Å². The van der Waals surface area contributed by atoms with Crippen molar-refractivity contribution in [3.05, 3.63) is 29.8 Å². The second kappa shape index (κ2) is 8.63. The highest BCUT2D eigenvalue weighted by atomic mass is 32.1. The lowest BCUT2D eigenvalue weighted by molar-refractivity contribution is -0.136. The molecule has 2 atom stereocenters. The fourth-order valence-electron chi connectivity index (χ4n) is 2.73. The predicted molar refractivity (Wildman–Crippen MR) is 98.2 cm³/mol. The van der Waals surface area contributed by atoms with E-state index in [-0.39, 0.29) is 0 Å². The van der Waals surface area contributed by atoms with Crippen LogP contribution in [-0.4, -0.2) is 23.0 Å². The number of benzene rings is 1. The van der Waals surface area contributed by atoms with Crippen LogP contribution in [0.1, 0.15) is 38.2 Å². The molecule has 0 unspecified atom stereocenters. The van der Waals surface area contributed by atoms with Crippen molar-refractivity contribution in [1.29, 1.82) is 0 Å². The van der Waals surface area contributed by atoms with Crippen molar-refractivity contribution >= 4 is 34.8 Å². The van der Waals surface area contributed by atoms with Gasteiger partial charge in [-0.3, -0.25) is 20.4 Å². The fraction of sp³-hybridized carbons (Fsp3) is 0.471. The van der Waals surface area contributed by atoms with Gasteiger partial charge in [0, 0.05) is 11.7 Å². The molecule has 0 bridgehead atoms. The molecule has 0 heterocycles. The number of aryl methyl sites for hydroxylation is 1. The van der Waals surface area contributed by atoms with Gasteiger partial charge in [-0.25, -0.2) is 0 Å². The Kier molecular flexibility index (Phi) is 6.54. The molecule has 1 saturated carbocycles. The van der Waals surface area contributed by atoms with Crippen LogP contribution in [-0.2, 0) is 9.59 Å². The van der Waals surface area contributed by atoms with E-state index in [1.165, 1.54) is 19.3 Å². The van der Waals surface area contributed by atoms with Crippen LogP contribution < -0.4 is 21.5 Å². The van der Waals surface area contributed by atoms with Crippen molar-refractivity contribution in [2.75, 3.05) is 5.32 Å². The van der Waals surface area contributed by atoms with E-state index in [9.17, 15) is 9.59 Å². The quantitative estimate of drug-likeness (QED) is 0.373. The van der Waals surface area contributed by atoms with Gasteiger partial charge in [0.25, 0.3) is 0 Å². The second-order valence-electron chi connectivity index (χ2n) is 6.24. The molecule has 130 valence electrons. The normalized spacial score (nSPS) is 19.9. The minimum atomic E-state index is -0.795. The molecular weight excluding hydrogens is 324 g/mol. The number of hydrogen-bond acceptors (Lipinski definition) is 3. The van der Waals surface area contributed by atoms with Gasteiger partial charge in [-0.05, 0) is 50.0 Å². The van der Waals surface area contributed by atoms with E-state index in [0.717, 1.165) is 12.0 Å². The number of thiocarbonyl (C=S) groups is 1. The Hall–Kier alpha value is -2.15. The summed E-state index contributed by atoms with van der Waals surface area (Å²) in [5, 5.41) is 6.04. The second-order valence-corrected chi connectivity index (χ2v) is 6.65. The van der Waals surface area contributed by atoms with E-state index in [2.05, 4.69) is 28.4 Å². The van der Waals surface area contributed by atoms with Gasteiger partial charge in [0.2, 0.25) is 0 Å². The first-order valence-electron chi connectivity index (χ1n) is 8.20. The topological polar surface area (TPSA) is 82.3 Å². The van der Waals surface area contributed by atoms with E-state index >= 15 is 0 Å². The zero-order valence-corrected chi connectivity index (χ0v) is 14.8. The summed E-state index contributed by atoms with van der Waals surface area (Å²) < 4.78 is 0. The number of carbonyl (C=O) groups excluding carboxylic acids is 2. The van der Waals surface area contributed by atoms with Crippen LogP contribution in [0.4, 0.5) is 5.69 Å². The van der Waals surface area contributed by atoms with Crippen LogP contribution in [0.25, 0.3) is 0 Å². The summed E-state index contributed by atoms with van der Waals surface area (Å²) >= 11 is 5.17. The Bertz CT molecular complexity index is 603. The molecule has 0 radical (unpaired) electrons. The molecule has 2 amide bonds. The highest BCUT2D eigenvalue weighted by molar-refractivity contribution is 7.80. The minimum Gasteiger partial charge on any atom is -0.358 e. The lowest BCUT2D eigenvalue weighted by Gasteiger charge is -2.30. The van der Waals surface area contributed by atoms with Gasteiger partial charge in [0.05, 0.1) is 0 Å². The third-order valence-corrected chi connectivity index (χ3v) is 4.45. The third-order valence-electron chi connectivity index (χ3n) is 4.23. The lowest BCUT2D eigenvalue weighted by atomic mass is 9.86. The van der Waals surface area contributed by atoms with Gasteiger partial charge in [-0.15, -0.1) is 0 Å². The molecule has 7 heteroatoms. The number of hydrogen-bond donors (Lipinski definition) is 4. The lowest BCUT2D eigenvalue weighted by Crippen LogP contribution is -2.53. The van der Waals surface area contributed by atoms with Crippen molar-refractivity contribution in [3.63, 3.8) is 0 Å². The van der Waals surface area contributed by atoms with Gasteiger partial charge < -0.3 is 10.6 Å². The average Bonchev–Trinajstić information content (AvgIpc) is 2.57. The van der Waals surface area contributed by atoms with Crippen molar-refractivity contribution in [3.8, 4) is 0 Å². The van der Waals surface area contributed by atoms with Crippen LogP contribution in [0.5, 0.6) is 0 Å². The summed E-state index contributed by atoms with van der Waals surface area (Å²) in [5.74, 6) is -1.00. The average molecular weight is 348 g/mol. The monoisotopic (exact) mass is 348 g/mol. The Labute approximate surface area is 147 Å². The first kappa shape index (κ1) is 18.2. The Morgan fingerprint density at radius 2 is 1.71 bits per heavy atom. The van der Waals surface area contributed by atoms with E-state index < -0.39 is 11.8 Å². The first-order chi connectivity index (χ1) is 11.5. The zero-order chi connectivity index (χ0) is 17.5. The summed E-state index contributed by atoms with van der Waals surface area (Å²) in [6, 6.07) is 7.50. The maximum absolute atomic E-state index is 11.8. The first-order valence-corrected chi connectivity index (χ1v) is 8.61. The zero-order valence-electron chi connectivity index (χ0n) is 14.0. The Balaban J connectivity index is 1.74. The standard InChI is InChI=1S/C17H24N4O2S/c1-11-7-9-13(10-8-11)18-15(22)16(23)20-21-17(24)19-14-6-4-3-5-12(14)2/h7-10,12,14H,3-6H2,1-2H3,(H,18,22)(H,20,23)(H2,19,21,24)/t12-,14+/m0/s1. The van der Waals surface area contributed by atoms with Crippen molar-refractivity contribution < 1.29 is 9.59 Å². The third kappa shape index (κ3) is 5.49. The van der Waals surface area contributed by atoms with Crippen molar-refractivity contribution in [2.45, 2.75) is 45.6 Å². The number of rotatable bonds is 2. The van der Waals surface area contributed by atoms with Crippen LogP contribution in [0.15, 0.2) is 24.3 Å². The highest BCUT2D eigenvalue weighted by Gasteiger charge is 2.22. The van der Waals surface area contributed by atoms with Gasteiger partial charge >= 0.3 is 11.8 Å². The van der Waals surface area contributed by atoms with Crippen LogP contribution in [0, 0.1) is 12.8 Å². The molecule has 1 aliphatic carbocycles. The smallest absolute Gasteiger partial charge is 0.328 e. The van der Waals surface area contributed by atoms with E-state index in [1.807, 2.05) is 19.1 Å². The summed E-state index contributed by atoms with van der Waals surface area (Å²) in [6.07, 6.45) is 4.65. The molecule has 1 aliphatic rings. The van der Waals surface area contributed by atoms with Gasteiger partial charge in [0.15, 0.2) is 5.11 Å². The van der Waals surface area contributed by atoms with E-state index in [1.54, 1.807) is 12.1 Å². The molecule has 1 aromatic rings. The SMILES string of the molecule is Cc1ccc(NC(=O)C(=O)NNC(=S)N[C@@H]2CCCC[C@@H]2C)cc1. The summed E-state index contributed by atoms with van der Waals surface area (Å²) in [4.78, 5) is 23.6. The molecule has 4 N–H and O–H groups in total. The van der Waals surface area contributed by atoms with Gasteiger partial charge in [0.1, 0.15) is 0 Å². The number of amides is 2. The molecule has 0 aromatic heterocycles. The molecule has 2 rings (SSSR count). The molecule has 24 heavy (non-hydrogen) atoms. The number of carbonyl (C=O) groups is 2. The maximum Gasteiger partial charge on any atom is 0.328 e. The molecule has 1 aromatic carbocycles. The van der Waals surface area contributed by atoms with E-state index in [4.69, 9.17) is 12.2 Å². The van der Waals surface area contributed by atoms with Crippen molar-refractivity contribution in [1.82, 2.24) is 16.2 Å². The predicted octanol–water partition coefficient (Wildman–Crippen LogP) is 2.01. The maximum atomic E-state index is 11.8. The summed E-state index contributed by atoms with van der Waals surface area (Å²) in [5.41, 5.74) is 6.54. The molecule has 0 spiro atoms. The molecule has 0 saturated heterocycles. The van der Waals surface area contributed by atoms with Gasteiger partial charge in [-0.1, -0.05) is 37.5 Å². The van der Waals surface area contributed by atoms with Crippen molar-refractivity contribution in [2.24, 2.45) is 5.92 Å². The number of hydrazine groups is 1. The van der Waals surface area contributed by atoms with Crippen LogP contribution >= 0.6 is 12.2 Å². The number of anilines is 1. The molecule has 1 fully saturated rings. The Morgan fingerprint density at radius 3 is 2.38 bits per heavy atom. The largest absolute Gasteiger partial charge is 0.358 e. The number of nitrogens with one attached hydrogen (secondary N) is 4. The molecule has 6 nitrogen and oxygen atoms in total. The molecular formula is C17H24N4O2S. The summed E-state index contributed by atoms with van der Waals surface area (Å²) in [6.45, 7) is 4.14. The summed E-state index contributed by atoms with van der Waals surface area (Å²) in [7, 11) is 0. The van der Waals surface area contributed by atoms with Gasteiger partial charge in [-0.2, -0.15) is 0 Å². The molecule has 0 aliphatic heterocycles. The highest BCUT2D eigenvalue weighted by Crippen LogP contribution is 2.23. The Morgan fingerprint density at radius 1 is 1.04 bits per heavy atom. The van der Waals surface area contributed by atoms with Crippen LogP contribution in [0.3, 0.4) is 0 Å².